The molecule has 0 spiro atoms. The number of anilines is 1. The van der Waals surface area contributed by atoms with Gasteiger partial charge in [-0.3, -0.25) is 9.78 Å². The van der Waals surface area contributed by atoms with Gasteiger partial charge in [0.25, 0.3) is 5.91 Å². The molecule has 0 aromatic carbocycles. The lowest BCUT2D eigenvalue weighted by Gasteiger charge is -2.10. The van der Waals surface area contributed by atoms with Crippen LogP contribution in [-0.4, -0.2) is 20.9 Å². The fourth-order valence-electron chi connectivity index (χ4n) is 2.13. The summed E-state index contributed by atoms with van der Waals surface area (Å²) in [6.45, 7) is 2.16. The number of carbonyl (C=O) groups excluding carboxylic acids is 1. The maximum Gasteiger partial charge on any atom is 0.258 e. The third-order valence-electron chi connectivity index (χ3n) is 3.40. The lowest BCUT2D eigenvalue weighted by molar-refractivity contribution is 0.0951. The lowest BCUT2D eigenvalue weighted by Crippen LogP contribution is -2.26. The first kappa shape index (κ1) is 15.9. The Labute approximate surface area is 142 Å². The molecule has 0 aliphatic carbocycles. The van der Waals surface area contributed by atoms with Crippen LogP contribution in [0.1, 0.15) is 21.6 Å². The Morgan fingerprint density at radius 3 is 2.83 bits per heavy atom. The second-order valence-corrected chi connectivity index (χ2v) is 5.38. The summed E-state index contributed by atoms with van der Waals surface area (Å²) in [5.41, 5.74) is 7.63. The third-order valence-corrected chi connectivity index (χ3v) is 3.67. The zero-order valence-electron chi connectivity index (χ0n) is 12.8. The summed E-state index contributed by atoms with van der Waals surface area (Å²) in [6, 6.07) is 7.11. The Hall–Kier alpha value is -2.93. The standard InChI is InChI=1S/C16H14ClN5O2/c1-9-4-2-6-19-10(9)8-20-16(23)12-13(17)21-15(22-14(12)18)11-5-3-7-24-11/h2-7H,8H2,1H3,(H,20,23)(H2,18,21,22). The van der Waals surface area contributed by atoms with Crippen molar-refractivity contribution in [3.8, 4) is 11.6 Å². The molecule has 0 radical (unpaired) electrons. The molecular formula is C16H14ClN5O2. The number of aromatic nitrogens is 3. The number of pyridine rings is 1. The minimum atomic E-state index is -0.464. The predicted octanol–water partition coefficient (Wildman–Crippen LogP) is 2.61. The van der Waals surface area contributed by atoms with Crippen LogP contribution in [0.15, 0.2) is 41.1 Å². The number of amides is 1. The Morgan fingerprint density at radius 1 is 1.33 bits per heavy atom. The molecule has 0 bridgehead atoms. The van der Waals surface area contributed by atoms with Gasteiger partial charge in [0.2, 0.25) is 0 Å². The van der Waals surface area contributed by atoms with E-state index in [2.05, 4.69) is 20.3 Å². The van der Waals surface area contributed by atoms with Crippen LogP contribution in [0.25, 0.3) is 11.6 Å². The highest BCUT2D eigenvalue weighted by atomic mass is 35.5. The van der Waals surface area contributed by atoms with E-state index in [4.69, 9.17) is 21.8 Å². The van der Waals surface area contributed by atoms with Crippen molar-refractivity contribution in [2.45, 2.75) is 13.5 Å². The van der Waals surface area contributed by atoms with Crippen LogP contribution in [-0.2, 0) is 6.54 Å². The number of nitrogens with two attached hydrogens (primary N) is 1. The van der Waals surface area contributed by atoms with Gasteiger partial charge in [-0.1, -0.05) is 17.7 Å². The second kappa shape index (κ2) is 6.67. The molecule has 0 fully saturated rings. The molecule has 3 rings (SSSR count). The Balaban J connectivity index is 1.81. The maximum atomic E-state index is 12.4. The van der Waals surface area contributed by atoms with Crippen LogP contribution >= 0.6 is 11.6 Å². The van der Waals surface area contributed by atoms with Crippen molar-refractivity contribution in [2.24, 2.45) is 0 Å². The van der Waals surface area contributed by atoms with Crippen molar-refractivity contribution in [3.05, 3.63) is 58.7 Å². The molecule has 0 aliphatic heterocycles. The quantitative estimate of drug-likeness (QED) is 0.705. The van der Waals surface area contributed by atoms with Crippen molar-refractivity contribution in [3.63, 3.8) is 0 Å². The molecule has 24 heavy (non-hydrogen) atoms. The minimum Gasteiger partial charge on any atom is -0.461 e. The molecule has 8 heteroatoms. The van der Waals surface area contributed by atoms with Gasteiger partial charge in [-0.05, 0) is 30.7 Å². The molecule has 3 N–H and O–H groups in total. The van der Waals surface area contributed by atoms with Crippen LogP contribution in [0.3, 0.4) is 0 Å². The predicted molar refractivity (Wildman–Crippen MR) is 89.3 cm³/mol. The molecule has 3 aromatic heterocycles. The van der Waals surface area contributed by atoms with E-state index in [1.807, 2.05) is 19.1 Å². The molecule has 0 saturated carbocycles. The fourth-order valence-corrected chi connectivity index (χ4v) is 2.39. The summed E-state index contributed by atoms with van der Waals surface area (Å²) in [7, 11) is 0. The SMILES string of the molecule is Cc1cccnc1CNC(=O)c1c(N)nc(-c2ccco2)nc1Cl. The van der Waals surface area contributed by atoms with Crippen LogP contribution in [0.5, 0.6) is 0 Å². The highest BCUT2D eigenvalue weighted by Crippen LogP contribution is 2.24. The normalized spacial score (nSPS) is 10.6. The van der Waals surface area contributed by atoms with Crippen LogP contribution in [0.2, 0.25) is 5.15 Å². The summed E-state index contributed by atoms with van der Waals surface area (Å²) < 4.78 is 5.20. The maximum absolute atomic E-state index is 12.4. The molecule has 0 aliphatic rings. The van der Waals surface area contributed by atoms with E-state index in [0.717, 1.165) is 11.3 Å². The van der Waals surface area contributed by atoms with Gasteiger partial charge in [0.1, 0.15) is 16.5 Å². The van der Waals surface area contributed by atoms with Gasteiger partial charge in [-0.2, -0.15) is 0 Å². The summed E-state index contributed by atoms with van der Waals surface area (Å²) in [4.78, 5) is 24.7. The topological polar surface area (TPSA) is 107 Å². The van der Waals surface area contributed by atoms with Gasteiger partial charge < -0.3 is 15.5 Å². The summed E-state index contributed by atoms with van der Waals surface area (Å²) >= 11 is 6.11. The number of carbonyl (C=O) groups is 1. The average molecular weight is 344 g/mol. The number of nitrogens with one attached hydrogen (secondary N) is 1. The minimum absolute atomic E-state index is 0.0170. The number of furan rings is 1. The van der Waals surface area contributed by atoms with Gasteiger partial charge in [0.15, 0.2) is 11.6 Å². The summed E-state index contributed by atoms with van der Waals surface area (Å²) in [5, 5.41) is 2.68. The molecular weight excluding hydrogens is 330 g/mol. The third kappa shape index (κ3) is 3.21. The first-order valence-corrected chi connectivity index (χ1v) is 7.49. The highest BCUT2D eigenvalue weighted by molar-refractivity contribution is 6.33. The van der Waals surface area contributed by atoms with Crippen molar-refractivity contribution in [1.29, 1.82) is 0 Å². The molecule has 7 nitrogen and oxygen atoms in total. The molecule has 1 amide bonds. The molecule has 122 valence electrons. The number of halogens is 1. The molecule has 0 unspecified atom stereocenters. The highest BCUT2D eigenvalue weighted by Gasteiger charge is 2.20. The van der Waals surface area contributed by atoms with Crippen molar-refractivity contribution in [1.82, 2.24) is 20.3 Å². The van der Waals surface area contributed by atoms with Crippen LogP contribution in [0, 0.1) is 6.92 Å². The smallest absolute Gasteiger partial charge is 0.258 e. The largest absolute Gasteiger partial charge is 0.461 e. The van der Waals surface area contributed by atoms with E-state index in [1.54, 1.807) is 18.3 Å². The number of hydrogen-bond acceptors (Lipinski definition) is 6. The van der Waals surface area contributed by atoms with Crippen LogP contribution in [0.4, 0.5) is 5.82 Å². The lowest BCUT2D eigenvalue weighted by atomic mass is 10.2. The zero-order valence-corrected chi connectivity index (χ0v) is 13.5. The molecule has 0 atom stereocenters. The van der Waals surface area contributed by atoms with E-state index in [-0.39, 0.29) is 28.9 Å². The molecule has 0 saturated heterocycles. The Morgan fingerprint density at radius 2 is 2.17 bits per heavy atom. The van der Waals surface area contributed by atoms with Gasteiger partial charge in [0.05, 0.1) is 18.5 Å². The molecule has 3 heterocycles. The first-order valence-electron chi connectivity index (χ1n) is 7.12. The summed E-state index contributed by atoms with van der Waals surface area (Å²) in [5.74, 6) is 0.157. The first-order chi connectivity index (χ1) is 11.6. The number of nitrogen functional groups attached to an aromatic ring is 1. The van der Waals surface area contributed by atoms with E-state index < -0.39 is 5.91 Å². The monoisotopic (exact) mass is 343 g/mol. The van der Waals surface area contributed by atoms with Crippen molar-refractivity contribution < 1.29 is 9.21 Å². The van der Waals surface area contributed by atoms with E-state index in [1.165, 1.54) is 6.26 Å². The summed E-state index contributed by atoms with van der Waals surface area (Å²) in [6.07, 6.45) is 3.15. The zero-order chi connectivity index (χ0) is 17.1. The van der Waals surface area contributed by atoms with E-state index >= 15 is 0 Å². The Bertz CT molecular complexity index is 857. The van der Waals surface area contributed by atoms with E-state index in [0.29, 0.717) is 5.76 Å². The Kier molecular flexibility index (Phi) is 4.43. The number of hydrogen-bond donors (Lipinski definition) is 2. The van der Waals surface area contributed by atoms with Crippen LogP contribution < -0.4 is 11.1 Å². The number of nitrogens with zero attached hydrogens (tertiary/aromatic N) is 3. The van der Waals surface area contributed by atoms with Gasteiger partial charge in [-0.15, -0.1) is 0 Å². The average Bonchev–Trinajstić information content (AvgIpc) is 3.08. The van der Waals surface area contributed by atoms with E-state index in [9.17, 15) is 4.79 Å². The van der Waals surface area contributed by atoms with Crippen molar-refractivity contribution >= 4 is 23.3 Å². The fraction of sp³-hybridized carbons (Fsp3) is 0.125. The van der Waals surface area contributed by atoms with Gasteiger partial charge in [-0.25, -0.2) is 9.97 Å². The van der Waals surface area contributed by atoms with Gasteiger partial charge >= 0.3 is 0 Å². The van der Waals surface area contributed by atoms with Crippen molar-refractivity contribution in [2.75, 3.05) is 5.73 Å². The number of aryl methyl sites for hydroxylation is 1. The number of rotatable bonds is 4. The second-order valence-electron chi connectivity index (χ2n) is 5.03. The van der Waals surface area contributed by atoms with Gasteiger partial charge in [0, 0.05) is 6.20 Å². The molecule has 3 aromatic rings.